The maximum absolute atomic E-state index is 12.6. The fourth-order valence-corrected chi connectivity index (χ4v) is 4.95. The highest BCUT2D eigenvalue weighted by Gasteiger charge is 2.28. The lowest BCUT2D eigenvalue weighted by Gasteiger charge is -2.20. The van der Waals surface area contributed by atoms with E-state index in [9.17, 15) is 8.42 Å². The van der Waals surface area contributed by atoms with Crippen LogP contribution in [-0.4, -0.2) is 45.1 Å². The molecule has 1 aliphatic rings. The van der Waals surface area contributed by atoms with Gasteiger partial charge in [-0.05, 0) is 26.0 Å². The van der Waals surface area contributed by atoms with Crippen molar-refractivity contribution >= 4 is 21.4 Å². The minimum atomic E-state index is -3.39. The molecule has 0 amide bonds. The van der Waals surface area contributed by atoms with Crippen molar-refractivity contribution in [3.63, 3.8) is 0 Å². The normalized spacial score (nSPS) is 21.8. The molecule has 1 atom stereocenters. The summed E-state index contributed by atoms with van der Waals surface area (Å²) in [5.74, 6) is 0. The largest absolute Gasteiger partial charge is 0.377 e. The Morgan fingerprint density at radius 2 is 2.35 bits per heavy atom. The topological polar surface area (TPSA) is 58.6 Å². The van der Waals surface area contributed by atoms with E-state index in [0.29, 0.717) is 24.6 Å². The van der Waals surface area contributed by atoms with E-state index in [1.165, 1.54) is 11.3 Å². The van der Waals surface area contributed by atoms with Crippen LogP contribution in [0.3, 0.4) is 0 Å². The second-order valence-corrected chi connectivity index (χ2v) is 7.86. The Kier molecular flexibility index (Phi) is 5.57. The van der Waals surface area contributed by atoms with E-state index < -0.39 is 10.0 Å². The predicted molar refractivity (Wildman–Crippen MR) is 80.5 cm³/mol. The Morgan fingerprint density at radius 3 is 3.10 bits per heavy atom. The SMILES string of the molecule is CCNCc1cc(S(=O)(=O)N2CCCOC(C)C2)cs1. The molecule has 0 radical (unpaired) electrons. The van der Waals surface area contributed by atoms with Crippen LogP contribution in [0.5, 0.6) is 0 Å². The number of nitrogens with zero attached hydrogens (tertiary/aromatic N) is 1. The third kappa shape index (κ3) is 3.79. The average Bonchev–Trinajstić information content (AvgIpc) is 2.78. The van der Waals surface area contributed by atoms with Gasteiger partial charge in [0.15, 0.2) is 0 Å². The van der Waals surface area contributed by atoms with E-state index in [0.717, 1.165) is 24.4 Å². The minimum Gasteiger partial charge on any atom is -0.377 e. The summed E-state index contributed by atoms with van der Waals surface area (Å²) in [6.45, 7) is 7.13. The van der Waals surface area contributed by atoms with Gasteiger partial charge in [-0.2, -0.15) is 4.31 Å². The lowest BCUT2D eigenvalue weighted by molar-refractivity contribution is 0.0752. The van der Waals surface area contributed by atoms with Crippen LogP contribution in [0.25, 0.3) is 0 Å². The number of hydrogen-bond donors (Lipinski definition) is 1. The van der Waals surface area contributed by atoms with Crippen LogP contribution < -0.4 is 5.32 Å². The zero-order valence-electron chi connectivity index (χ0n) is 12.0. The molecule has 20 heavy (non-hydrogen) atoms. The van der Waals surface area contributed by atoms with Crippen molar-refractivity contribution in [3.8, 4) is 0 Å². The molecule has 0 aliphatic carbocycles. The van der Waals surface area contributed by atoms with Gasteiger partial charge < -0.3 is 10.1 Å². The molecule has 2 rings (SSSR count). The Morgan fingerprint density at radius 1 is 1.55 bits per heavy atom. The second kappa shape index (κ2) is 7.00. The van der Waals surface area contributed by atoms with Crippen molar-refractivity contribution in [1.29, 1.82) is 0 Å². The third-order valence-corrected chi connectivity index (χ3v) is 6.16. The summed E-state index contributed by atoms with van der Waals surface area (Å²) in [5.41, 5.74) is 0. The molecule has 0 saturated carbocycles. The number of hydrogen-bond acceptors (Lipinski definition) is 5. The van der Waals surface area contributed by atoms with Gasteiger partial charge in [-0.25, -0.2) is 8.42 Å². The summed E-state index contributed by atoms with van der Waals surface area (Å²) in [7, 11) is -3.39. The quantitative estimate of drug-likeness (QED) is 0.897. The summed E-state index contributed by atoms with van der Waals surface area (Å²) in [6, 6.07) is 1.78. The molecule has 1 aromatic rings. The van der Waals surface area contributed by atoms with Crippen molar-refractivity contribution in [1.82, 2.24) is 9.62 Å². The van der Waals surface area contributed by atoms with Gasteiger partial charge in [0.1, 0.15) is 0 Å². The first-order valence-corrected chi connectivity index (χ1v) is 9.26. The number of nitrogens with one attached hydrogen (secondary N) is 1. The van der Waals surface area contributed by atoms with Crippen molar-refractivity contribution in [2.45, 2.75) is 37.8 Å². The fraction of sp³-hybridized carbons (Fsp3) is 0.692. The van der Waals surface area contributed by atoms with Gasteiger partial charge >= 0.3 is 0 Å². The first kappa shape index (κ1) is 15.9. The molecule has 0 aromatic carbocycles. The van der Waals surface area contributed by atoms with Gasteiger partial charge in [0.25, 0.3) is 0 Å². The van der Waals surface area contributed by atoms with Gasteiger partial charge in [-0.3, -0.25) is 0 Å². The van der Waals surface area contributed by atoms with Crippen LogP contribution in [0, 0.1) is 0 Å². The van der Waals surface area contributed by atoms with Gasteiger partial charge in [-0.15, -0.1) is 11.3 Å². The summed E-state index contributed by atoms with van der Waals surface area (Å²) in [5, 5.41) is 4.94. The Hall–Kier alpha value is -0.470. The van der Waals surface area contributed by atoms with E-state index in [-0.39, 0.29) is 6.10 Å². The first-order valence-electron chi connectivity index (χ1n) is 6.94. The summed E-state index contributed by atoms with van der Waals surface area (Å²) in [6.07, 6.45) is 0.699. The molecule has 1 aromatic heterocycles. The van der Waals surface area contributed by atoms with Crippen LogP contribution in [-0.2, 0) is 21.3 Å². The fourth-order valence-electron chi connectivity index (χ4n) is 2.16. The molecular weight excluding hydrogens is 296 g/mol. The zero-order valence-corrected chi connectivity index (χ0v) is 13.6. The molecule has 1 N–H and O–H groups in total. The standard InChI is InChI=1S/C13H22N2O3S2/c1-3-14-8-12-7-13(10-19-12)20(16,17)15-5-4-6-18-11(2)9-15/h7,10-11,14H,3-6,8-9H2,1-2H3. The molecule has 0 bridgehead atoms. The number of rotatable bonds is 5. The minimum absolute atomic E-state index is 0.0489. The maximum Gasteiger partial charge on any atom is 0.243 e. The Labute approximate surface area is 125 Å². The van der Waals surface area contributed by atoms with Crippen molar-refractivity contribution < 1.29 is 13.2 Å². The molecule has 114 valence electrons. The highest BCUT2D eigenvalue weighted by atomic mass is 32.2. The van der Waals surface area contributed by atoms with Crippen LogP contribution in [0.1, 0.15) is 25.1 Å². The lowest BCUT2D eigenvalue weighted by atomic mass is 10.4. The monoisotopic (exact) mass is 318 g/mol. The summed E-state index contributed by atoms with van der Waals surface area (Å²) < 4.78 is 32.3. The number of sulfonamides is 1. The van der Waals surface area contributed by atoms with Gasteiger partial charge in [0.05, 0.1) is 11.0 Å². The molecule has 0 spiro atoms. The van der Waals surface area contributed by atoms with Crippen LogP contribution in [0.15, 0.2) is 16.3 Å². The number of thiophene rings is 1. The molecule has 2 heterocycles. The van der Waals surface area contributed by atoms with Crippen molar-refractivity contribution in [2.24, 2.45) is 0 Å². The van der Waals surface area contributed by atoms with E-state index in [1.54, 1.807) is 15.8 Å². The molecular formula is C13H22N2O3S2. The van der Waals surface area contributed by atoms with E-state index in [2.05, 4.69) is 5.32 Å². The Bertz CT molecular complexity index is 527. The third-order valence-electron chi connectivity index (χ3n) is 3.23. The van der Waals surface area contributed by atoms with Crippen LogP contribution in [0.2, 0.25) is 0 Å². The summed E-state index contributed by atoms with van der Waals surface area (Å²) >= 11 is 1.49. The zero-order chi connectivity index (χ0) is 14.6. The molecule has 1 fully saturated rings. The lowest BCUT2D eigenvalue weighted by Crippen LogP contribution is -2.35. The van der Waals surface area contributed by atoms with Gasteiger partial charge in [0, 0.05) is 36.5 Å². The molecule has 1 saturated heterocycles. The van der Waals surface area contributed by atoms with Crippen molar-refractivity contribution in [2.75, 3.05) is 26.2 Å². The van der Waals surface area contributed by atoms with Crippen LogP contribution in [0.4, 0.5) is 0 Å². The first-order chi connectivity index (χ1) is 9.54. The van der Waals surface area contributed by atoms with Gasteiger partial charge in [0.2, 0.25) is 10.0 Å². The average molecular weight is 318 g/mol. The smallest absolute Gasteiger partial charge is 0.243 e. The molecule has 1 unspecified atom stereocenters. The second-order valence-electron chi connectivity index (χ2n) is 4.93. The van der Waals surface area contributed by atoms with Gasteiger partial charge in [-0.1, -0.05) is 6.92 Å². The highest BCUT2D eigenvalue weighted by molar-refractivity contribution is 7.89. The van der Waals surface area contributed by atoms with E-state index >= 15 is 0 Å². The highest BCUT2D eigenvalue weighted by Crippen LogP contribution is 2.24. The molecule has 1 aliphatic heterocycles. The van der Waals surface area contributed by atoms with E-state index in [1.807, 2.05) is 13.8 Å². The maximum atomic E-state index is 12.6. The summed E-state index contributed by atoms with van der Waals surface area (Å²) in [4.78, 5) is 1.45. The molecule has 5 nitrogen and oxygen atoms in total. The van der Waals surface area contributed by atoms with E-state index in [4.69, 9.17) is 4.74 Å². The number of ether oxygens (including phenoxy) is 1. The molecule has 7 heteroatoms. The Balaban J connectivity index is 2.14. The van der Waals surface area contributed by atoms with Crippen LogP contribution >= 0.6 is 11.3 Å². The predicted octanol–water partition coefficient (Wildman–Crippen LogP) is 1.66. The van der Waals surface area contributed by atoms with Crippen molar-refractivity contribution in [3.05, 3.63) is 16.3 Å².